The van der Waals surface area contributed by atoms with E-state index in [-0.39, 0.29) is 6.54 Å². The molecule has 0 aromatic heterocycles. The number of hydrogen-bond donors (Lipinski definition) is 2. The van der Waals surface area contributed by atoms with Crippen molar-refractivity contribution < 1.29 is 19.4 Å². The van der Waals surface area contributed by atoms with E-state index in [4.69, 9.17) is 22.1 Å². The Kier molecular flexibility index (Phi) is 5.11. The van der Waals surface area contributed by atoms with E-state index in [2.05, 4.69) is 5.32 Å². The molecule has 1 rings (SSSR count). The highest BCUT2D eigenvalue weighted by molar-refractivity contribution is 7.80. The van der Waals surface area contributed by atoms with E-state index in [1.807, 2.05) is 0 Å². The number of nitrogens with zero attached hydrogens (tertiary/aromatic N) is 1. The molecule has 6 nitrogen and oxygen atoms in total. The first-order valence-electron chi connectivity index (χ1n) is 6.20. The summed E-state index contributed by atoms with van der Waals surface area (Å²) < 4.78 is 5.08. The number of alkyl carbamates (subject to hydrolysis) is 1. The average molecular weight is 288 g/mol. The van der Waals surface area contributed by atoms with Gasteiger partial charge in [-0.25, -0.2) is 9.59 Å². The SMILES string of the molecule is CC(C)(C)OC(=O)NCC(=S)N1CCCC1C(=O)O. The van der Waals surface area contributed by atoms with E-state index >= 15 is 0 Å². The van der Waals surface area contributed by atoms with Gasteiger partial charge in [0.15, 0.2) is 0 Å². The van der Waals surface area contributed by atoms with Crippen LogP contribution in [-0.4, -0.2) is 51.8 Å². The summed E-state index contributed by atoms with van der Waals surface area (Å²) in [6.45, 7) is 6.04. The molecule has 0 bridgehead atoms. The van der Waals surface area contributed by atoms with Crippen molar-refractivity contribution in [2.45, 2.75) is 45.3 Å². The molecule has 0 saturated carbocycles. The minimum absolute atomic E-state index is 0.119. The van der Waals surface area contributed by atoms with Crippen molar-refractivity contribution in [1.29, 1.82) is 0 Å². The Morgan fingerprint density at radius 1 is 1.47 bits per heavy atom. The molecule has 0 aliphatic carbocycles. The van der Waals surface area contributed by atoms with Gasteiger partial charge < -0.3 is 20.1 Å². The number of aliphatic carboxylic acids is 1. The standard InChI is InChI=1S/C12H20N2O4S/c1-12(2,3)18-11(17)13-7-9(19)14-6-4-5-8(14)10(15)16/h8H,4-7H2,1-3H3,(H,13,17)(H,15,16). The molecule has 1 aliphatic heterocycles. The third-order valence-corrected chi connectivity index (χ3v) is 3.02. The molecule has 0 spiro atoms. The highest BCUT2D eigenvalue weighted by atomic mass is 32.1. The maximum absolute atomic E-state index is 11.5. The summed E-state index contributed by atoms with van der Waals surface area (Å²) in [4.78, 5) is 24.6. The van der Waals surface area contributed by atoms with Gasteiger partial charge in [-0.3, -0.25) is 0 Å². The fourth-order valence-electron chi connectivity index (χ4n) is 1.89. The van der Waals surface area contributed by atoms with E-state index in [1.54, 1.807) is 25.7 Å². The lowest BCUT2D eigenvalue weighted by Crippen LogP contribution is -2.45. The molecule has 1 heterocycles. The summed E-state index contributed by atoms with van der Waals surface area (Å²) in [5, 5.41) is 11.6. The van der Waals surface area contributed by atoms with Crippen molar-refractivity contribution in [1.82, 2.24) is 10.2 Å². The van der Waals surface area contributed by atoms with E-state index in [9.17, 15) is 9.59 Å². The van der Waals surface area contributed by atoms with Crippen LogP contribution in [0.25, 0.3) is 0 Å². The second kappa shape index (κ2) is 6.18. The van der Waals surface area contributed by atoms with Gasteiger partial charge in [-0.15, -0.1) is 0 Å². The Labute approximate surface area is 118 Å². The van der Waals surface area contributed by atoms with E-state index < -0.39 is 23.7 Å². The number of likely N-dealkylation sites (tertiary alicyclic amines) is 1. The molecular formula is C12H20N2O4S. The molecule has 0 aromatic rings. The summed E-state index contributed by atoms with van der Waals surface area (Å²) in [7, 11) is 0. The fraction of sp³-hybridized carbons (Fsp3) is 0.750. The number of hydrogen-bond acceptors (Lipinski definition) is 4. The van der Waals surface area contributed by atoms with Gasteiger partial charge in [-0.1, -0.05) is 12.2 Å². The van der Waals surface area contributed by atoms with Crippen LogP contribution >= 0.6 is 12.2 Å². The van der Waals surface area contributed by atoms with Crippen molar-refractivity contribution >= 4 is 29.3 Å². The second-order valence-electron chi connectivity index (χ2n) is 5.44. The first kappa shape index (κ1) is 15.7. The first-order chi connectivity index (χ1) is 8.70. The normalized spacial score (nSPS) is 19.1. The molecule has 0 radical (unpaired) electrons. The molecule has 1 saturated heterocycles. The number of rotatable bonds is 3. The third kappa shape index (κ3) is 5.02. The minimum atomic E-state index is -0.878. The average Bonchev–Trinajstić information content (AvgIpc) is 2.72. The summed E-state index contributed by atoms with van der Waals surface area (Å²) in [5.41, 5.74) is -0.567. The van der Waals surface area contributed by atoms with Crippen LogP contribution in [0.15, 0.2) is 0 Å². The Morgan fingerprint density at radius 3 is 2.63 bits per heavy atom. The van der Waals surface area contributed by atoms with Gasteiger partial charge in [0.1, 0.15) is 11.6 Å². The molecular weight excluding hydrogens is 268 g/mol. The number of nitrogens with one attached hydrogen (secondary N) is 1. The zero-order valence-electron chi connectivity index (χ0n) is 11.4. The minimum Gasteiger partial charge on any atom is -0.480 e. The van der Waals surface area contributed by atoms with Crippen molar-refractivity contribution in [2.75, 3.05) is 13.1 Å². The van der Waals surface area contributed by atoms with E-state index in [0.717, 1.165) is 6.42 Å². The Hall–Kier alpha value is -1.37. The Morgan fingerprint density at radius 2 is 2.11 bits per heavy atom. The predicted octanol–water partition coefficient (Wildman–Crippen LogP) is 1.39. The summed E-state index contributed by atoms with van der Waals surface area (Å²) >= 11 is 5.16. The fourth-order valence-corrected chi connectivity index (χ4v) is 2.18. The van der Waals surface area contributed by atoms with E-state index in [1.165, 1.54) is 0 Å². The van der Waals surface area contributed by atoms with Gasteiger partial charge in [0, 0.05) is 6.54 Å². The topological polar surface area (TPSA) is 78.9 Å². The smallest absolute Gasteiger partial charge is 0.408 e. The van der Waals surface area contributed by atoms with Crippen LogP contribution < -0.4 is 5.32 Å². The maximum atomic E-state index is 11.5. The molecule has 1 fully saturated rings. The molecule has 1 aliphatic rings. The molecule has 0 aromatic carbocycles. The van der Waals surface area contributed by atoms with Crippen molar-refractivity contribution in [2.24, 2.45) is 0 Å². The first-order valence-corrected chi connectivity index (χ1v) is 6.60. The van der Waals surface area contributed by atoms with Gasteiger partial charge >= 0.3 is 12.1 Å². The molecule has 108 valence electrons. The van der Waals surface area contributed by atoms with Crippen LogP contribution in [0.4, 0.5) is 4.79 Å². The summed E-state index contributed by atoms with van der Waals surface area (Å²) in [6, 6.07) is -0.576. The van der Waals surface area contributed by atoms with E-state index in [0.29, 0.717) is 18.0 Å². The number of carbonyl (C=O) groups excluding carboxylic acids is 1. The molecule has 1 atom stereocenters. The van der Waals surface area contributed by atoms with Gasteiger partial charge in [0.05, 0.1) is 11.5 Å². The van der Waals surface area contributed by atoms with Crippen LogP contribution in [-0.2, 0) is 9.53 Å². The van der Waals surface area contributed by atoms with Gasteiger partial charge in [-0.2, -0.15) is 0 Å². The zero-order chi connectivity index (χ0) is 14.6. The predicted molar refractivity (Wildman–Crippen MR) is 74.2 cm³/mol. The van der Waals surface area contributed by atoms with Crippen LogP contribution in [0.3, 0.4) is 0 Å². The Balaban J connectivity index is 2.43. The van der Waals surface area contributed by atoms with Crippen LogP contribution in [0.2, 0.25) is 0 Å². The van der Waals surface area contributed by atoms with Gasteiger partial charge in [-0.05, 0) is 33.6 Å². The van der Waals surface area contributed by atoms with Crippen molar-refractivity contribution in [3.63, 3.8) is 0 Å². The Bertz CT molecular complexity index is 378. The molecule has 19 heavy (non-hydrogen) atoms. The molecule has 7 heteroatoms. The second-order valence-corrected chi connectivity index (χ2v) is 5.91. The number of ether oxygens (including phenoxy) is 1. The molecule has 2 N–H and O–H groups in total. The number of thiocarbonyl (C=S) groups is 1. The number of amides is 1. The van der Waals surface area contributed by atoms with Crippen LogP contribution in [0.1, 0.15) is 33.6 Å². The maximum Gasteiger partial charge on any atom is 0.408 e. The van der Waals surface area contributed by atoms with Gasteiger partial charge in [0.25, 0.3) is 0 Å². The number of carboxylic acids is 1. The zero-order valence-corrected chi connectivity index (χ0v) is 12.2. The van der Waals surface area contributed by atoms with Crippen molar-refractivity contribution in [3.05, 3.63) is 0 Å². The monoisotopic (exact) mass is 288 g/mol. The largest absolute Gasteiger partial charge is 0.480 e. The number of carboxylic acid groups (broad SMARTS) is 1. The van der Waals surface area contributed by atoms with Crippen LogP contribution in [0, 0.1) is 0 Å². The van der Waals surface area contributed by atoms with Gasteiger partial charge in [0.2, 0.25) is 0 Å². The van der Waals surface area contributed by atoms with Crippen LogP contribution in [0.5, 0.6) is 0 Å². The lowest BCUT2D eigenvalue weighted by Gasteiger charge is -2.25. The summed E-state index contributed by atoms with van der Waals surface area (Å²) in [6.07, 6.45) is 0.826. The number of carbonyl (C=O) groups is 2. The lowest BCUT2D eigenvalue weighted by atomic mass is 10.2. The molecule has 1 amide bonds. The quantitative estimate of drug-likeness (QED) is 0.764. The third-order valence-electron chi connectivity index (χ3n) is 2.64. The van der Waals surface area contributed by atoms with Crippen molar-refractivity contribution in [3.8, 4) is 0 Å². The highest BCUT2D eigenvalue weighted by Gasteiger charge is 2.32. The molecule has 1 unspecified atom stereocenters. The summed E-state index contributed by atoms with van der Waals surface area (Å²) in [5.74, 6) is -0.878. The highest BCUT2D eigenvalue weighted by Crippen LogP contribution is 2.18. The lowest BCUT2D eigenvalue weighted by molar-refractivity contribution is -0.140.